The predicted molar refractivity (Wildman–Crippen MR) is 154 cm³/mol. The first kappa shape index (κ1) is 29.3. The lowest BCUT2D eigenvalue weighted by Crippen LogP contribution is -2.27. The van der Waals surface area contributed by atoms with Crippen LogP contribution < -0.4 is 0 Å². The minimum atomic E-state index is -0.769. The third-order valence-corrected chi connectivity index (χ3v) is 7.27. The van der Waals surface area contributed by atoms with Gasteiger partial charge in [-0.3, -0.25) is 14.4 Å². The second-order valence-electron chi connectivity index (χ2n) is 11.3. The van der Waals surface area contributed by atoms with Gasteiger partial charge in [0.15, 0.2) is 11.6 Å². The number of hydrogen-bond donors (Lipinski definition) is 0. The van der Waals surface area contributed by atoms with E-state index in [0.29, 0.717) is 18.4 Å². The summed E-state index contributed by atoms with van der Waals surface area (Å²) in [5, 5.41) is 0. The molecule has 1 heterocycles. The van der Waals surface area contributed by atoms with Crippen LogP contribution in [0.15, 0.2) is 93.7 Å². The molecule has 1 fully saturated rings. The van der Waals surface area contributed by atoms with Crippen LogP contribution in [-0.2, 0) is 19.1 Å². The molecule has 0 aromatic carbocycles. The average molecular weight is 515 g/mol. The molecule has 4 nitrogen and oxygen atoms in total. The van der Waals surface area contributed by atoms with Crippen LogP contribution in [0.3, 0.4) is 0 Å². The van der Waals surface area contributed by atoms with Gasteiger partial charge in [0.25, 0.3) is 0 Å². The van der Waals surface area contributed by atoms with E-state index in [1.807, 2.05) is 6.08 Å². The van der Waals surface area contributed by atoms with Gasteiger partial charge in [-0.15, -0.1) is 0 Å². The molecular formula is C34H42O4. The van der Waals surface area contributed by atoms with E-state index in [0.717, 1.165) is 36.8 Å². The zero-order chi connectivity index (χ0) is 27.9. The van der Waals surface area contributed by atoms with Gasteiger partial charge < -0.3 is 4.74 Å². The van der Waals surface area contributed by atoms with E-state index < -0.39 is 11.5 Å². The Morgan fingerprint density at radius 3 is 2.13 bits per heavy atom. The van der Waals surface area contributed by atoms with Gasteiger partial charge in [0, 0.05) is 17.4 Å². The molecule has 0 N–H and O–H groups in total. The first-order chi connectivity index (χ1) is 18.0. The average Bonchev–Trinajstić information content (AvgIpc) is 3.21. The molecule has 1 saturated heterocycles. The van der Waals surface area contributed by atoms with Gasteiger partial charge in [-0.2, -0.15) is 0 Å². The van der Waals surface area contributed by atoms with Crippen molar-refractivity contribution >= 4 is 17.5 Å². The molecule has 0 saturated carbocycles. The number of allylic oxidation sites excluding steroid dienone is 13. The Labute approximate surface area is 228 Å². The van der Waals surface area contributed by atoms with Crippen LogP contribution in [0.5, 0.6) is 0 Å². The first-order valence-electron chi connectivity index (χ1n) is 13.7. The molecule has 3 aliphatic rings. The minimum absolute atomic E-state index is 0.161. The van der Waals surface area contributed by atoms with E-state index in [4.69, 9.17) is 4.74 Å². The molecule has 1 aliphatic heterocycles. The zero-order valence-electron chi connectivity index (χ0n) is 23.9. The van der Waals surface area contributed by atoms with Crippen LogP contribution in [0.1, 0.15) is 86.5 Å². The lowest BCUT2D eigenvalue weighted by Gasteiger charge is -2.28. The molecule has 0 aromatic heterocycles. The molecule has 2 aliphatic carbocycles. The lowest BCUT2D eigenvalue weighted by atomic mass is 9.74. The van der Waals surface area contributed by atoms with Crippen molar-refractivity contribution in [3.63, 3.8) is 0 Å². The van der Waals surface area contributed by atoms with E-state index >= 15 is 0 Å². The largest absolute Gasteiger partial charge is 0.457 e. The summed E-state index contributed by atoms with van der Waals surface area (Å²) in [4.78, 5) is 37.9. The normalized spacial score (nSPS) is 23.4. The highest BCUT2D eigenvalue weighted by molar-refractivity contribution is 6.18. The molecule has 2 unspecified atom stereocenters. The Balaban J connectivity index is 1.93. The smallest absolute Gasteiger partial charge is 0.310 e. The first-order valence-corrected chi connectivity index (χ1v) is 13.7. The number of ketones is 2. The monoisotopic (exact) mass is 514 g/mol. The molecule has 202 valence electrons. The van der Waals surface area contributed by atoms with E-state index in [-0.39, 0.29) is 24.0 Å². The number of carbonyl (C=O) groups excluding carboxylic acids is 3. The number of fused-ring (bicyclic) bond motifs is 1. The fraction of sp³-hybridized carbons (Fsp3) is 0.441. The molecular weight excluding hydrogens is 472 g/mol. The highest BCUT2D eigenvalue weighted by Crippen LogP contribution is 2.48. The van der Waals surface area contributed by atoms with Gasteiger partial charge >= 0.3 is 5.97 Å². The van der Waals surface area contributed by atoms with Crippen molar-refractivity contribution in [1.82, 2.24) is 0 Å². The van der Waals surface area contributed by atoms with Crippen molar-refractivity contribution in [3.8, 4) is 0 Å². The molecule has 0 bridgehead atoms. The van der Waals surface area contributed by atoms with Gasteiger partial charge in [-0.05, 0) is 103 Å². The Morgan fingerprint density at radius 2 is 1.50 bits per heavy atom. The number of cyclic esters (lactones) is 1. The van der Waals surface area contributed by atoms with Crippen LogP contribution in [0, 0.1) is 5.41 Å². The molecule has 0 amide bonds. The van der Waals surface area contributed by atoms with E-state index in [9.17, 15) is 14.4 Å². The summed E-state index contributed by atoms with van der Waals surface area (Å²) in [5.74, 6) is -0.599. The summed E-state index contributed by atoms with van der Waals surface area (Å²) in [7, 11) is 0. The highest BCUT2D eigenvalue weighted by Gasteiger charge is 2.43. The third-order valence-electron chi connectivity index (χ3n) is 7.27. The number of carbonyl (C=O) groups is 3. The third kappa shape index (κ3) is 7.86. The maximum Gasteiger partial charge on any atom is 0.310 e. The molecule has 0 aromatic rings. The van der Waals surface area contributed by atoms with E-state index in [1.54, 1.807) is 0 Å². The summed E-state index contributed by atoms with van der Waals surface area (Å²) in [5.41, 5.74) is 6.67. The van der Waals surface area contributed by atoms with Crippen LogP contribution in [0.25, 0.3) is 0 Å². The minimum Gasteiger partial charge on any atom is -0.457 e. The zero-order valence-corrected chi connectivity index (χ0v) is 23.9. The maximum absolute atomic E-state index is 13.0. The van der Waals surface area contributed by atoms with Crippen LogP contribution >= 0.6 is 0 Å². The lowest BCUT2D eigenvalue weighted by molar-refractivity contribution is -0.147. The summed E-state index contributed by atoms with van der Waals surface area (Å²) >= 11 is 0. The van der Waals surface area contributed by atoms with Crippen molar-refractivity contribution < 1.29 is 19.1 Å². The van der Waals surface area contributed by atoms with E-state index in [1.165, 1.54) is 40.5 Å². The second-order valence-corrected chi connectivity index (χ2v) is 11.3. The number of ether oxygens (including phenoxy) is 1. The Bertz CT molecular complexity index is 1220. The number of esters is 1. The summed E-state index contributed by atoms with van der Waals surface area (Å²) < 4.78 is 5.81. The van der Waals surface area contributed by atoms with Gasteiger partial charge in [0.05, 0.1) is 6.42 Å². The standard InChI is InChI=1S/C34H42O4/c1-23(2)9-7-11-25(5)13-16-32-29-22-34(21-27(29)19-33(37)38-32,30-20-28(35)14-15-31(30)36)18-17-26(6)12-8-10-24(3)4/h9-10,13-15,17,20-22,32H,7-8,11-12,16,18-19H2,1-6H3. The van der Waals surface area contributed by atoms with Gasteiger partial charge in [-0.25, -0.2) is 0 Å². The van der Waals surface area contributed by atoms with Crippen LogP contribution in [0.4, 0.5) is 0 Å². The van der Waals surface area contributed by atoms with Crippen LogP contribution in [0.2, 0.25) is 0 Å². The molecule has 3 rings (SSSR count). The summed E-state index contributed by atoms with van der Waals surface area (Å²) in [6, 6.07) is 0. The Morgan fingerprint density at radius 1 is 0.868 bits per heavy atom. The highest BCUT2D eigenvalue weighted by atomic mass is 16.5. The summed E-state index contributed by atoms with van der Waals surface area (Å²) in [6.45, 7) is 12.6. The maximum atomic E-state index is 13.0. The Hall–Kier alpha value is -3.27. The second kappa shape index (κ2) is 13.0. The van der Waals surface area contributed by atoms with Gasteiger partial charge in [0.1, 0.15) is 6.10 Å². The molecule has 38 heavy (non-hydrogen) atoms. The SMILES string of the molecule is CC(C)=CCCC(C)=CCC1OC(=O)CC2=CC(CC=C(C)CCC=C(C)C)(C3=CC(=O)C=CC3=O)C=C21. The molecule has 0 radical (unpaired) electrons. The van der Waals surface area contributed by atoms with Crippen molar-refractivity contribution in [2.75, 3.05) is 0 Å². The van der Waals surface area contributed by atoms with Gasteiger partial charge in [-0.1, -0.05) is 58.7 Å². The molecule has 0 spiro atoms. The molecule has 4 heteroatoms. The fourth-order valence-electron chi connectivity index (χ4n) is 5.14. The van der Waals surface area contributed by atoms with Crippen molar-refractivity contribution in [3.05, 3.63) is 93.7 Å². The van der Waals surface area contributed by atoms with Gasteiger partial charge in [0.2, 0.25) is 0 Å². The van der Waals surface area contributed by atoms with Crippen molar-refractivity contribution in [2.45, 2.75) is 92.6 Å². The fourth-order valence-corrected chi connectivity index (χ4v) is 5.14. The topological polar surface area (TPSA) is 60.4 Å². The van der Waals surface area contributed by atoms with Crippen LogP contribution in [-0.4, -0.2) is 23.6 Å². The van der Waals surface area contributed by atoms with Crippen molar-refractivity contribution in [2.24, 2.45) is 5.41 Å². The molecule has 2 atom stereocenters. The van der Waals surface area contributed by atoms with Crippen molar-refractivity contribution in [1.29, 1.82) is 0 Å². The number of hydrogen-bond acceptors (Lipinski definition) is 4. The quantitative estimate of drug-likeness (QED) is 0.159. The Kier molecular flexibility index (Phi) is 10.0. The summed E-state index contributed by atoms with van der Waals surface area (Å²) in [6.07, 6.45) is 21.8. The van der Waals surface area contributed by atoms with E-state index in [2.05, 4.69) is 71.9 Å². The predicted octanol–water partition coefficient (Wildman–Crippen LogP) is 7.95. The number of rotatable bonds is 11.